The zero-order chi connectivity index (χ0) is 14.7. The van der Waals surface area contributed by atoms with E-state index in [-0.39, 0.29) is 39.6 Å². The van der Waals surface area contributed by atoms with Gasteiger partial charge in [0.25, 0.3) is 0 Å². The van der Waals surface area contributed by atoms with Gasteiger partial charge in [0.05, 0.1) is 45.7 Å². The molecule has 0 saturated carbocycles. The average molecular weight is 280 g/mol. The second-order valence-electron chi connectivity index (χ2n) is 4.94. The monoisotopic (exact) mass is 280 g/mol. The van der Waals surface area contributed by atoms with Crippen LogP contribution in [0, 0.1) is 5.41 Å². The van der Waals surface area contributed by atoms with Crippen LogP contribution in [0.1, 0.15) is 26.7 Å². The minimum Gasteiger partial charge on any atom is -0.396 e. The molecule has 0 saturated heterocycles. The Morgan fingerprint density at radius 3 is 1.84 bits per heavy atom. The normalized spacial score (nSPS) is 18.0. The van der Waals surface area contributed by atoms with Crippen LogP contribution in [0.5, 0.6) is 0 Å². The van der Waals surface area contributed by atoms with E-state index in [9.17, 15) is 15.3 Å². The van der Waals surface area contributed by atoms with Crippen LogP contribution in [0.2, 0.25) is 0 Å². The lowest BCUT2D eigenvalue weighted by Gasteiger charge is -2.30. The second-order valence-corrected chi connectivity index (χ2v) is 4.94. The third kappa shape index (κ3) is 7.81. The van der Waals surface area contributed by atoms with Crippen LogP contribution in [-0.2, 0) is 9.47 Å². The first-order valence-corrected chi connectivity index (χ1v) is 6.76. The summed E-state index contributed by atoms with van der Waals surface area (Å²) in [4.78, 5) is 0. The van der Waals surface area contributed by atoms with Crippen LogP contribution in [0.25, 0.3) is 0 Å². The van der Waals surface area contributed by atoms with Crippen molar-refractivity contribution in [3.05, 3.63) is 0 Å². The van der Waals surface area contributed by atoms with Crippen LogP contribution in [0.3, 0.4) is 0 Å². The van der Waals surface area contributed by atoms with Crippen LogP contribution in [0.4, 0.5) is 0 Å². The lowest BCUT2D eigenvalue weighted by molar-refractivity contribution is -0.0837. The maximum Gasteiger partial charge on any atom is 0.100 e. The van der Waals surface area contributed by atoms with Crippen LogP contribution >= 0.6 is 0 Å². The Morgan fingerprint density at radius 2 is 1.47 bits per heavy atom. The van der Waals surface area contributed by atoms with Crippen molar-refractivity contribution in [2.75, 3.05) is 39.6 Å². The summed E-state index contributed by atoms with van der Waals surface area (Å²) in [6.45, 7) is 4.12. The van der Waals surface area contributed by atoms with Crippen molar-refractivity contribution in [2.45, 2.75) is 38.9 Å². The van der Waals surface area contributed by atoms with Crippen molar-refractivity contribution in [3.63, 3.8) is 0 Å². The topological polar surface area (TPSA) is 99.4 Å². The molecule has 4 N–H and O–H groups in total. The van der Waals surface area contributed by atoms with Gasteiger partial charge in [-0.05, 0) is 12.8 Å². The van der Waals surface area contributed by atoms with E-state index in [1.165, 1.54) is 0 Å². The Labute approximate surface area is 115 Å². The van der Waals surface area contributed by atoms with Gasteiger partial charge in [-0.2, -0.15) is 0 Å². The molecule has 3 unspecified atom stereocenters. The Hall–Kier alpha value is -0.240. The fourth-order valence-electron chi connectivity index (χ4n) is 1.44. The first kappa shape index (κ1) is 18.8. The van der Waals surface area contributed by atoms with Gasteiger partial charge in [0.1, 0.15) is 6.10 Å². The Morgan fingerprint density at radius 1 is 0.947 bits per heavy atom. The average Bonchev–Trinajstić information content (AvgIpc) is 2.45. The molecule has 0 fully saturated rings. The van der Waals surface area contributed by atoms with Crippen LogP contribution in [-0.4, -0.2) is 72.3 Å². The molecule has 0 aliphatic rings. The summed E-state index contributed by atoms with van der Waals surface area (Å²) in [6.07, 6.45) is -0.125. The van der Waals surface area contributed by atoms with Gasteiger partial charge >= 0.3 is 0 Å². The van der Waals surface area contributed by atoms with Crippen molar-refractivity contribution in [3.8, 4) is 0 Å². The highest BCUT2D eigenvalue weighted by Crippen LogP contribution is 2.22. The van der Waals surface area contributed by atoms with E-state index in [1.807, 2.05) is 13.8 Å². The molecule has 0 aromatic heterocycles. The van der Waals surface area contributed by atoms with E-state index in [4.69, 9.17) is 14.6 Å². The molecule has 0 radical (unpaired) electrons. The van der Waals surface area contributed by atoms with Gasteiger partial charge in [-0.3, -0.25) is 0 Å². The van der Waals surface area contributed by atoms with Crippen molar-refractivity contribution in [2.24, 2.45) is 5.41 Å². The number of ether oxygens (including phenoxy) is 2. The van der Waals surface area contributed by atoms with Gasteiger partial charge < -0.3 is 29.9 Å². The highest BCUT2D eigenvalue weighted by molar-refractivity contribution is 4.77. The zero-order valence-corrected chi connectivity index (χ0v) is 11.9. The summed E-state index contributed by atoms with van der Waals surface area (Å²) in [5.74, 6) is 0. The predicted octanol–water partition coefficient (Wildman–Crippen LogP) is -0.468. The van der Waals surface area contributed by atoms with Crippen molar-refractivity contribution in [1.29, 1.82) is 0 Å². The molecular formula is C13H28O6. The van der Waals surface area contributed by atoms with Gasteiger partial charge in [-0.15, -0.1) is 0 Å². The van der Waals surface area contributed by atoms with Crippen molar-refractivity contribution >= 4 is 0 Å². The summed E-state index contributed by atoms with van der Waals surface area (Å²) in [5.41, 5.74) is -0.539. The maximum absolute atomic E-state index is 9.49. The predicted molar refractivity (Wildman–Crippen MR) is 70.8 cm³/mol. The largest absolute Gasteiger partial charge is 0.396 e. The second kappa shape index (κ2) is 10.5. The number of rotatable bonds is 12. The molecule has 0 heterocycles. The molecule has 3 atom stereocenters. The van der Waals surface area contributed by atoms with Gasteiger partial charge in [0, 0.05) is 5.41 Å². The smallest absolute Gasteiger partial charge is 0.100 e. The molecule has 6 nitrogen and oxygen atoms in total. The summed E-state index contributed by atoms with van der Waals surface area (Å²) in [5, 5.41) is 36.7. The molecule has 0 aliphatic carbocycles. The molecule has 0 bridgehead atoms. The van der Waals surface area contributed by atoms with Crippen LogP contribution in [0.15, 0.2) is 0 Å². The van der Waals surface area contributed by atoms with E-state index in [0.29, 0.717) is 12.8 Å². The molecule has 6 heteroatoms. The van der Waals surface area contributed by atoms with E-state index in [1.54, 1.807) is 0 Å². The maximum atomic E-state index is 9.49. The Bertz CT molecular complexity index is 189. The molecule has 0 aromatic carbocycles. The fraction of sp³-hybridized carbons (Fsp3) is 1.00. The lowest BCUT2D eigenvalue weighted by Crippen LogP contribution is -2.37. The quantitative estimate of drug-likeness (QED) is 0.386. The van der Waals surface area contributed by atoms with Crippen molar-refractivity contribution in [1.82, 2.24) is 0 Å². The SMILES string of the molecule is CCC(O)COCC(CC)(CO)COCC(O)CO. The minimum absolute atomic E-state index is 0.0236. The third-order valence-electron chi connectivity index (χ3n) is 3.20. The minimum atomic E-state index is -0.906. The van der Waals surface area contributed by atoms with E-state index in [0.717, 1.165) is 0 Å². The van der Waals surface area contributed by atoms with E-state index >= 15 is 0 Å². The lowest BCUT2D eigenvalue weighted by atomic mass is 9.88. The molecule has 0 amide bonds. The summed E-state index contributed by atoms with van der Waals surface area (Å²) < 4.78 is 10.7. The molecule has 116 valence electrons. The highest BCUT2D eigenvalue weighted by atomic mass is 16.5. The van der Waals surface area contributed by atoms with Crippen LogP contribution < -0.4 is 0 Å². The number of hydrogen-bond donors (Lipinski definition) is 4. The molecular weight excluding hydrogens is 252 g/mol. The van der Waals surface area contributed by atoms with Gasteiger partial charge in [0.15, 0.2) is 0 Å². The Kier molecular flexibility index (Phi) is 10.4. The molecule has 0 aliphatic heterocycles. The molecule has 19 heavy (non-hydrogen) atoms. The molecule has 0 spiro atoms. The zero-order valence-electron chi connectivity index (χ0n) is 11.9. The molecule has 0 aromatic rings. The summed E-state index contributed by atoms with van der Waals surface area (Å²) >= 11 is 0. The van der Waals surface area contributed by atoms with Gasteiger partial charge in [0.2, 0.25) is 0 Å². The van der Waals surface area contributed by atoms with E-state index < -0.39 is 17.6 Å². The van der Waals surface area contributed by atoms with Crippen molar-refractivity contribution < 1.29 is 29.9 Å². The number of hydrogen-bond acceptors (Lipinski definition) is 6. The Balaban J connectivity index is 4.10. The summed E-state index contributed by atoms with van der Waals surface area (Å²) in [7, 11) is 0. The first-order valence-electron chi connectivity index (χ1n) is 6.76. The number of aliphatic hydroxyl groups excluding tert-OH is 4. The third-order valence-corrected chi connectivity index (χ3v) is 3.20. The van der Waals surface area contributed by atoms with Gasteiger partial charge in [-0.1, -0.05) is 13.8 Å². The first-order chi connectivity index (χ1) is 9.03. The number of aliphatic hydroxyl groups is 4. The standard InChI is InChI=1S/C13H28O6/c1-3-11(16)6-18-9-13(4-2,8-15)10-19-7-12(17)5-14/h11-12,14-17H,3-10H2,1-2H3. The summed E-state index contributed by atoms with van der Waals surface area (Å²) in [6, 6.07) is 0. The van der Waals surface area contributed by atoms with E-state index in [2.05, 4.69) is 0 Å². The fourth-order valence-corrected chi connectivity index (χ4v) is 1.44. The van der Waals surface area contributed by atoms with Gasteiger partial charge in [-0.25, -0.2) is 0 Å². The highest BCUT2D eigenvalue weighted by Gasteiger charge is 2.29. The molecule has 0 rings (SSSR count).